The first-order valence-corrected chi connectivity index (χ1v) is 5.32. The first-order chi connectivity index (χ1) is 7.33. The van der Waals surface area contributed by atoms with Gasteiger partial charge in [-0.15, -0.1) is 0 Å². The first kappa shape index (κ1) is 10.5. The van der Waals surface area contributed by atoms with E-state index in [1.165, 1.54) is 0 Å². The van der Waals surface area contributed by atoms with E-state index >= 15 is 0 Å². The second-order valence-corrected chi connectivity index (χ2v) is 3.92. The Balaban J connectivity index is 2.19. The fraction of sp³-hybridized carbons (Fsp3) is 0.500. The van der Waals surface area contributed by atoms with Gasteiger partial charge in [-0.3, -0.25) is 0 Å². The van der Waals surface area contributed by atoms with Crippen LogP contribution in [0.1, 0.15) is 12.0 Å². The van der Waals surface area contributed by atoms with Crippen molar-refractivity contribution in [1.29, 1.82) is 0 Å². The van der Waals surface area contributed by atoms with Gasteiger partial charge in [0.25, 0.3) is 0 Å². The fourth-order valence-corrected chi connectivity index (χ4v) is 2.01. The Kier molecular flexibility index (Phi) is 3.23. The van der Waals surface area contributed by atoms with Crippen molar-refractivity contribution in [3.8, 4) is 0 Å². The van der Waals surface area contributed by atoms with Crippen LogP contribution in [-0.2, 0) is 11.3 Å². The predicted octanol–water partition coefficient (Wildman–Crippen LogP) is 1.40. The standard InChI is InChI=1S/C12H17NO2/c1-13(11-6-7-15-9-11)12-5-3-2-4-10(12)8-14/h2-5,11,14H,6-9H2,1H3. The van der Waals surface area contributed by atoms with Gasteiger partial charge in [-0.05, 0) is 12.5 Å². The molecule has 0 saturated carbocycles. The van der Waals surface area contributed by atoms with Crippen LogP contribution in [0.5, 0.6) is 0 Å². The first-order valence-electron chi connectivity index (χ1n) is 5.32. The van der Waals surface area contributed by atoms with Crippen molar-refractivity contribution in [2.75, 3.05) is 25.2 Å². The van der Waals surface area contributed by atoms with Crippen LogP contribution in [0.25, 0.3) is 0 Å². The maximum atomic E-state index is 9.25. The highest BCUT2D eigenvalue weighted by atomic mass is 16.5. The molecule has 0 aliphatic carbocycles. The Morgan fingerprint density at radius 3 is 2.93 bits per heavy atom. The zero-order chi connectivity index (χ0) is 10.7. The van der Waals surface area contributed by atoms with Gasteiger partial charge in [0.05, 0.1) is 19.3 Å². The molecule has 3 heteroatoms. The van der Waals surface area contributed by atoms with Crippen molar-refractivity contribution in [1.82, 2.24) is 0 Å². The third kappa shape index (κ3) is 2.13. The molecule has 1 heterocycles. The molecule has 0 amide bonds. The number of likely N-dealkylation sites (N-methyl/N-ethyl adjacent to an activating group) is 1. The number of aliphatic hydroxyl groups is 1. The molecule has 82 valence electrons. The molecule has 1 unspecified atom stereocenters. The lowest BCUT2D eigenvalue weighted by Gasteiger charge is -2.27. The molecule has 3 nitrogen and oxygen atoms in total. The number of ether oxygens (including phenoxy) is 1. The molecule has 1 aliphatic heterocycles. The van der Waals surface area contributed by atoms with Gasteiger partial charge in [-0.25, -0.2) is 0 Å². The average Bonchev–Trinajstić information content (AvgIpc) is 2.81. The van der Waals surface area contributed by atoms with Crippen LogP contribution in [0, 0.1) is 0 Å². The number of nitrogens with zero attached hydrogens (tertiary/aromatic N) is 1. The number of hydrogen-bond acceptors (Lipinski definition) is 3. The normalized spacial score (nSPS) is 20.5. The van der Waals surface area contributed by atoms with E-state index < -0.39 is 0 Å². The summed E-state index contributed by atoms with van der Waals surface area (Å²) in [6, 6.07) is 8.40. The summed E-state index contributed by atoms with van der Waals surface area (Å²) in [5.41, 5.74) is 2.09. The predicted molar refractivity (Wildman–Crippen MR) is 60.0 cm³/mol. The van der Waals surface area contributed by atoms with Crippen LogP contribution < -0.4 is 4.90 Å². The van der Waals surface area contributed by atoms with Gasteiger partial charge in [0.2, 0.25) is 0 Å². The van der Waals surface area contributed by atoms with Crippen LogP contribution >= 0.6 is 0 Å². The van der Waals surface area contributed by atoms with Crippen molar-refractivity contribution in [3.05, 3.63) is 29.8 Å². The molecule has 1 aromatic rings. The summed E-state index contributed by atoms with van der Waals surface area (Å²) < 4.78 is 5.37. The largest absolute Gasteiger partial charge is 0.392 e. The highest BCUT2D eigenvalue weighted by molar-refractivity contribution is 5.53. The van der Waals surface area contributed by atoms with Gasteiger partial charge >= 0.3 is 0 Å². The smallest absolute Gasteiger partial charge is 0.0702 e. The minimum Gasteiger partial charge on any atom is -0.392 e. The van der Waals surface area contributed by atoms with E-state index in [9.17, 15) is 5.11 Å². The minimum absolute atomic E-state index is 0.0914. The zero-order valence-corrected chi connectivity index (χ0v) is 9.02. The summed E-state index contributed by atoms with van der Waals surface area (Å²) in [6.45, 7) is 1.72. The molecule has 1 N–H and O–H groups in total. The highest BCUT2D eigenvalue weighted by Gasteiger charge is 2.21. The number of anilines is 1. The van der Waals surface area contributed by atoms with Crippen LogP contribution in [0.2, 0.25) is 0 Å². The second-order valence-electron chi connectivity index (χ2n) is 3.92. The Bertz CT molecular complexity index is 321. The van der Waals surface area contributed by atoms with Gasteiger partial charge in [-0.1, -0.05) is 18.2 Å². The third-order valence-electron chi connectivity index (χ3n) is 3.00. The Hall–Kier alpha value is -1.06. The number of para-hydroxylation sites is 1. The number of hydrogen-bond donors (Lipinski definition) is 1. The Morgan fingerprint density at radius 1 is 1.47 bits per heavy atom. The van der Waals surface area contributed by atoms with E-state index in [2.05, 4.69) is 11.9 Å². The molecule has 1 fully saturated rings. The monoisotopic (exact) mass is 207 g/mol. The zero-order valence-electron chi connectivity index (χ0n) is 9.02. The van der Waals surface area contributed by atoms with Crippen molar-refractivity contribution < 1.29 is 9.84 Å². The lowest BCUT2D eigenvalue weighted by molar-refractivity contribution is 0.193. The summed E-state index contributed by atoms with van der Waals surface area (Å²) in [5.74, 6) is 0. The fourth-order valence-electron chi connectivity index (χ4n) is 2.01. The quantitative estimate of drug-likeness (QED) is 0.813. The highest BCUT2D eigenvalue weighted by Crippen LogP contribution is 2.23. The Morgan fingerprint density at radius 2 is 2.27 bits per heavy atom. The molecule has 1 aliphatic rings. The molecule has 1 atom stereocenters. The molecule has 0 spiro atoms. The summed E-state index contributed by atoms with van der Waals surface area (Å²) in [7, 11) is 2.06. The molecule has 0 bridgehead atoms. The minimum atomic E-state index is 0.0914. The van der Waals surface area contributed by atoms with E-state index in [4.69, 9.17) is 4.74 Å². The lowest BCUT2D eigenvalue weighted by atomic mass is 10.1. The van der Waals surface area contributed by atoms with Crippen molar-refractivity contribution >= 4 is 5.69 Å². The van der Waals surface area contributed by atoms with Crippen molar-refractivity contribution in [2.45, 2.75) is 19.1 Å². The number of benzene rings is 1. The topological polar surface area (TPSA) is 32.7 Å². The van der Waals surface area contributed by atoms with E-state index in [0.29, 0.717) is 6.04 Å². The van der Waals surface area contributed by atoms with Gasteiger partial charge < -0.3 is 14.7 Å². The molecule has 1 saturated heterocycles. The molecule has 0 radical (unpaired) electrons. The molecule has 0 aromatic heterocycles. The number of rotatable bonds is 3. The van der Waals surface area contributed by atoms with Gasteiger partial charge in [0, 0.05) is 24.9 Å². The van der Waals surface area contributed by atoms with Crippen LogP contribution in [-0.4, -0.2) is 31.4 Å². The lowest BCUT2D eigenvalue weighted by Crippen LogP contribution is -2.32. The van der Waals surface area contributed by atoms with E-state index in [0.717, 1.165) is 30.9 Å². The number of aliphatic hydroxyl groups excluding tert-OH is 1. The van der Waals surface area contributed by atoms with Gasteiger partial charge in [0.1, 0.15) is 0 Å². The van der Waals surface area contributed by atoms with Crippen LogP contribution in [0.4, 0.5) is 5.69 Å². The average molecular weight is 207 g/mol. The summed E-state index contributed by atoms with van der Waals surface area (Å²) >= 11 is 0. The third-order valence-corrected chi connectivity index (χ3v) is 3.00. The maximum absolute atomic E-state index is 9.25. The SMILES string of the molecule is CN(c1ccccc1CO)C1CCOC1. The summed E-state index contributed by atoms with van der Waals surface area (Å²) in [6.07, 6.45) is 1.07. The molecule has 1 aromatic carbocycles. The molecule has 15 heavy (non-hydrogen) atoms. The molecular formula is C12H17NO2. The molecular weight excluding hydrogens is 190 g/mol. The van der Waals surface area contributed by atoms with Gasteiger partial charge in [0.15, 0.2) is 0 Å². The van der Waals surface area contributed by atoms with Crippen LogP contribution in [0.15, 0.2) is 24.3 Å². The van der Waals surface area contributed by atoms with Crippen molar-refractivity contribution in [3.63, 3.8) is 0 Å². The van der Waals surface area contributed by atoms with Crippen LogP contribution in [0.3, 0.4) is 0 Å². The second kappa shape index (κ2) is 4.64. The van der Waals surface area contributed by atoms with E-state index in [1.54, 1.807) is 0 Å². The summed E-state index contributed by atoms with van der Waals surface area (Å²) in [4.78, 5) is 2.21. The van der Waals surface area contributed by atoms with Crippen molar-refractivity contribution in [2.24, 2.45) is 0 Å². The van der Waals surface area contributed by atoms with E-state index in [-0.39, 0.29) is 6.61 Å². The maximum Gasteiger partial charge on any atom is 0.0702 e. The molecule has 2 rings (SSSR count). The van der Waals surface area contributed by atoms with E-state index in [1.807, 2.05) is 24.3 Å². The summed E-state index contributed by atoms with van der Waals surface area (Å²) in [5, 5.41) is 9.25. The van der Waals surface area contributed by atoms with Gasteiger partial charge in [-0.2, -0.15) is 0 Å². The Labute approximate surface area is 90.3 Å².